The lowest BCUT2D eigenvalue weighted by Crippen LogP contribution is -2.48. The first-order chi connectivity index (χ1) is 9.26. The molecule has 110 valence electrons. The third-order valence-electron chi connectivity index (χ3n) is 2.91. The van der Waals surface area contributed by atoms with Gasteiger partial charge in [-0.3, -0.25) is 4.79 Å². The SMILES string of the molecule is CC(C)(CF)C(=O)N[C@H](Cc1ccc(F)cc1)C(=O)O. The van der Waals surface area contributed by atoms with Gasteiger partial charge in [0.2, 0.25) is 5.91 Å². The number of amides is 1. The van der Waals surface area contributed by atoms with Gasteiger partial charge in [-0.2, -0.15) is 0 Å². The largest absolute Gasteiger partial charge is 0.480 e. The number of hydrogen-bond donors (Lipinski definition) is 2. The van der Waals surface area contributed by atoms with Gasteiger partial charge in [0.05, 0.1) is 5.41 Å². The molecular weight excluding hydrogens is 268 g/mol. The number of halogens is 2. The zero-order valence-corrected chi connectivity index (χ0v) is 11.3. The van der Waals surface area contributed by atoms with E-state index in [1.165, 1.54) is 38.1 Å². The molecular formula is C14H17F2NO3. The van der Waals surface area contributed by atoms with Crippen LogP contribution >= 0.6 is 0 Å². The van der Waals surface area contributed by atoms with Crippen molar-refractivity contribution >= 4 is 11.9 Å². The number of benzene rings is 1. The van der Waals surface area contributed by atoms with E-state index in [9.17, 15) is 18.4 Å². The Morgan fingerprint density at radius 2 is 1.85 bits per heavy atom. The van der Waals surface area contributed by atoms with Crippen LogP contribution in [0.2, 0.25) is 0 Å². The molecule has 0 aliphatic carbocycles. The summed E-state index contributed by atoms with van der Waals surface area (Å²) in [5.74, 6) is -2.32. The van der Waals surface area contributed by atoms with Crippen LogP contribution in [0.4, 0.5) is 8.78 Å². The van der Waals surface area contributed by atoms with Crippen LogP contribution in [0.15, 0.2) is 24.3 Å². The van der Waals surface area contributed by atoms with Crippen molar-refractivity contribution < 1.29 is 23.5 Å². The van der Waals surface area contributed by atoms with E-state index in [4.69, 9.17) is 5.11 Å². The zero-order chi connectivity index (χ0) is 15.3. The summed E-state index contributed by atoms with van der Waals surface area (Å²) < 4.78 is 25.5. The number of carbonyl (C=O) groups excluding carboxylic acids is 1. The molecule has 1 atom stereocenters. The van der Waals surface area contributed by atoms with Gasteiger partial charge in [-0.15, -0.1) is 0 Å². The topological polar surface area (TPSA) is 66.4 Å². The number of aliphatic carboxylic acids is 1. The molecule has 2 N–H and O–H groups in total. The Labute approximate surface area is 115 Å². The van der Waals surface area contributed by atoms with Gasteiger partial charge in [0, 0.05) is 6.42 Å². The predicted molar refractivity (Wildman–Crippen MR) is 69.4 cm³/mol. The van der Waals surface area contributed by atoms with Gasteiger partial charge in [0.25, 0.3) is 0 Å². The summed E-state index contributed by atoms with van der Waals surface area (Å²) in [4.78, 5) is 22.9. The van der Waals surface area contributed by atoms with Crippen LogP contribution in [0.5, 0.6) is 0 Å². The van der Waals surface area contributed by atoms with Crippen molar-refractivity contribution in [3.8, 4) is 0 Å². The Kier molecular flexibility index (Phi) is 5.19. The Morgan fingerprint density at radius 3 is 2.30 bits per heavy atom. The Balaban J connectivity index is 2.78. The number of alkyl halides is 1. The fourth-order valence-corrected chi connectivity index (χ4v) is 1.47. The summed E-state index contributed by atoms with van der Waals surface area (Å²) in [6.45, 7) is 1.89. The van der Waals surface area contributed by atoms with Gasteiger partial charge in [0.1, 0.15) is 18.5 Å². The Hall–Kier alpha value is -1.98. The van der Waals surface area contributed by atoms with E-state index in [0.29, 0.717) is 5.56 Å². The highest BCUT2D eigenvalue weighted by atomic mass is 19.1. The molecule has 6 heteroatoms. The van der Waals surface area contributed by atoms with Crippen molar-refractivity contribution in [1.29, 1.82) is 0 Å². The Morgan fingerprint density at radius 1 is 1.30 bits per heavy atom. The summed E-state index contributed by atoms with van der Waals surface area (Å²) in [5.41, 5.74) is -0.714. The average molecular weight is 285 g/mol. The van der Waals surface area contributed by atoms with Gasteiger partial charge >= 0.3 is 5.97 Å². The third-order valence-corrected chi connectivity index (χ3v) is 2.91. The van der Waals surface area contributed by atoms with Gasteiger partial charge in [0.15, 0.2) is 0 Å². The molecule has 0 aliphatic rings. The van der Waals surface area contributed by atoms with Crippen molar-refractivity contribution in [2.45, 2.75) is 26.3 Å². The number of rotatable bonds is 6. The lowest BCUT2D eigenvalue weighted by atomic mass is 9.93. The predicted octanol–water partition coefficient (Wildman–Crippen LogP) is 1.93. The van der Waals surface area contributed by atoms with Gasteiger partial charge < -0.3 is 10.4 Å². The maximum Gasteiger partial charge on any atom is 0.326 e. The van der Waals surface area contributed by atoms with Crippen molar-refractivity contribution in [1.82, 2.24) is 5.32 Å². The minimum absolute atomic E-state index is 0.00369. The molecule has 1 aromatic rings. The average Bonchev–Trinajstić information content (AvgIpc) is 2.40. The van der Waals surface area contributed by atoms with E-state index >= 15 is 0 Å². The number of nitrogens with one attached hydrogen (secondary N) is 1. The summed E-state index contributed by atoms with van der Waals surface area (Å²) in [5, 5.41) is 11.4. The lowest BCUT2D eigenvalue weighted by Gasteiger charge is -2.23. The highest BCUT2D eigenvalue weighted by molar-refractivity contribution is 5.87. The first-order valence-corrected chi connectivity index (χ1v) is 6.10. The Bertz CT molecular complexity index is 486. The maximum atomic E-state index is 12.8. The van der Waals surface area contributed by atoms with Gasteiger partial charge in [-0.05, 0) is 31.5 Å². The summed E-state index contributed by atoms with van der Waals surface area (Å²) in [6, 6.07) is 4.12. The molecule has 1 amide bonds. The van der Waals surface area contributed by atoms with E-state index in [0.717, 1.165) is 0 Å². The molecule has 0 radical (unpaired) electrons. The second-order valence-electron chi connectivity index (χ2n) is 5.21. The highest BCUT2D eigenvalue weighted by Gasteiger charge is 2.31. The molecule has 0 spiro atoms. The fourth-order valence-electron chi connectivity index (χ4n) is 1.47. The van der Waals surface area contributed by atoms with Crippen molar-refractivity contribution in [3.05, 3.63) is 35.6 Å². The molecule has 4 nitrogen and oxygen atoms in total. The molecule has 0 saturated carbocycles. The minimum atomic E-state index is -1.28. The second kappa shape index (κ2) is 6.45. The van der Waals surface area contributed by atoms with Crippen molar-refractivity contribution in [2.24, 2.45) is 5.41 Å². The quantitative estimate of drug-likeness (QED) is 0.839. The molecule has 0 fully saturated rings. The molecule has 1 rings (SSSR count). The summed E-state index contributed by atoms with van der Waals surface area (Å²) in [6.07, 6.45) is 0.00369. The molecule has 0 saturated heterocycles. The van der Waals surface area contributed by atoms with E-state index in [1.807, 2.05) is 0 Å². The second-order valence-corrected chi connectivity index (χ2v) is 5.21. The van der Waals surface area contributed by atoms with E-state index in [2.05, 4.69) is 5.32 Å². The van der Waals surface area contributed by atoms with E-state index < -0.39 is 35.8 Å². The van der Waals surface area contributed by atoms with Crippen LogP contribution in [-0.4, -0.2) is 29.7 Å². The van der Waals surface area contributed by atoms with Crippen LogP contribution < -0.4 is 5.32 Å². The molecule has 0 aliphatic heterocycles. The first-order valence-electron chi connectivity index (χ1n) is 6.10. The summed E-state index contributed by atoms with van der Waals surface area (Å²) >= 11 is 0. The fraction of sp³-hybridized carbons (Fsp3) is 0.429. The smallest absolute Gasteiger partial charge is 0.326 e. The third kappa shape index (κ3) is 4.29. The van der Waals surface area contributed by atoms with Gasteiger partial charge in [-0.25, -0.2) is 13.6 Å². The monoisotopic (exact) mass is 285 g/mol. The molecule has 0 heterocycles. The molecule has 1 aromatic carbocycles. The molecule has 0 unspecified atom stereocenters. The molecule has 0 bridgehead atoms. The number of hydrogen-bond acceptors (Lipinski definition) is 2. The molecule has 0 aromatic heterocycles. The zero-order valence-electron chi connectivity index (χ0n) is 11.3. The van der Waals surface area contributed by atoms with E-state index in [1.54, 1.807) is 0 Å². The number of carbonyl (C=O) groups is 2. The van der Waals surface area contributed by atoms with E-state index in [-0.39, 0.29) is 6.42 Å². The van der Waals surface area contributed by atoms with Crippen LogP contribution in [0.1, 0.15) is 19.4 Å². The lowest BCUT2D eigenvalue weighted by molar-refractivity contribution is -0.143. The van der Waals surface area contributed by atoms with Crippen LogP contribution in [0.25, 0.3) is 0 Å². The van der Waals surface area contributed by atoms with Crippen molar-refractivity contribution in [2.75, 3.05) is 6.67 Å². The highest BCUT2D eigenvalue weighted by Crippen LogP contribution is 2.16. The van der Waals surface area contributed by atoms with Crippen LogP contribution in [0, 0.1) is 11.2 Å². The number of carboxylic acids is 1. The normalized spacial score (nSPS) is 12.8. The van der Waals surface area contributed by atoms with Crippen molar-refractivity contribution in [3.63, 3.8) is 0 Å². The minimum Gasteiger partial charge on any atom is -0.480 e. The van der Waals surface area contributed by atoms with Gasteiger partial charge in [-0.1, -0.05) is 12.1 Å². The molecule has 20 heavy (non-hydrogen) atoms. The standard InChI is InChI=1S/C14H17F2NO3/c1-14(2,8-15)13(20)17-11(12(18)19)7-9-3-5-10(16)6-4-9/h3-6,11H,7-8H2,1-2H3,(H,17,20)(H,18,19)/t11-/m1/s1. The summed E-state index contributed by atoms with van der Waals surface area (Å²) in [7, 11) is 0. The maximum absolute atomic E-state index is 12.8. The van der Waals surface area contributed by atoms with Crippen LogP contribution in [-0.2, 0) is 16.0 Å². The number of carboxylic acid groups (broad SMARTS) is 1. The van der Waals surface area contributed by atoms with Crippen LogP contribution in [0.3, 0.4) is 0 Å². The first kappa shape index (κ1) is 16.1.